The molecule has 14 heavy (non-hydrogen) atoms. The Morgan fingerprint density at radius 3 is 2.57 bits per heavy atom. The monoisotopic (exact) mass is 195 g/mol. The van der Waals surface area contributed by atoms with Crippen molar-refractivity contribution in [2.45, 2.75) is 39.2 Å². The second-order valence-electron chi connectivity index (χ2n) is 3.67. The highest BCUT2D eigenvalue weighted by atomic mass is 16.2. The molecule has 0 aromatic carbocycles. The van der Waals surface area contributed by atoms with E-state index >= 15 is 0 Å². The van der Waals surface area contributed by atoms with Crippen molar-refractivity contribution in [1.82, 2.24) is 14.9 Å². The van der Waals surface area contributed by atoms with E-state index in [1.54, 1.807) is 12.4 Å². The zero-order valence-electron chi connectivity index (χ0n) is 8.95. The molecular formula is C10H17N3O. The molecule has 0 aliphatic heterocycles. The lowest BCUT2D eigenvalue weighted by Gasteiger charge is -2.27. The van der Waals surface area contributed by atoms with Crippen LogP contribution in [0.15, 0.2) is 18.7 Å². The number of carbonyl (C=O) groups is 1. The molecule has 1 aromatic heterocycles. The minimum Gasteiger partial charge on any atom is -0.332 e. The van der Waals surface area contributed by atoms with E-state index < -0.39 is 0 Å². The van der Waals surface area contributed by atoms with Crippen LogP contribution in [-0.2, 0) is 0 Å². The number of nitrogens with one attached hydrogen (secondary N) is 1. The highest BCUT2D eigenvalue weighted by Gasteiger charge is 2.22. The van der Waals surface area contributed by atoms with Gasteiger partial charge >= 0.3 is 6.03 Å². The van der Waals surface area contributed by atoms with E-state index in [2.05, 4.69) is 24.1 Å². The van der Waals surface area contributed by atoms with Gasteiger partial charge in [-0.15, -0.1) is 0 Å². The number of imidazole rings is 1. The zero-order valence-corrected chi connectivity index (χ0v) is 8.95. The fourth-order valence-electron chi connectivity index (χ4n) is 1.13. The quantitative estimate of drug-likeness (QED) is 0.802. The van der Waals surface area contributed by atoms with Crippen LogP contribution in [-0.4, -0.2) is 21.1 Å². The first-order valence-corrected chi connectivity index (χ1v) is 4.92. The highest BCUT2D eigenvalue weighted by Crippen LogP contribution is 2.13. The number of carbonyl (C=O) groups excluding carboxylic acids is 1. The van der Waals surface area contributed by atoms with Gasteiger partial charge < -0.3 is 5.32 Å². The summed E-state index contributed by atoms with van der Waals surface area (Å²) in [5.41, 5.74) is -0.124. The maximum absolute atomic E-state index is 11.7. The number of hydrogen-bond donors (Lipinski definition) is 1. The third-order valence-corrected chi connectivity index (χ3v) is 2.71. The molecule has 0 aliphatic carbocycles. The van der Waals surface area contributed by atoms with E-state index in [-0.39, 0.29) is 11.6 Å². The highest BCUT2D eigenvalue weighted by molar-refractivity contribution is 5.77. The first-order valence-electron chi connectivity index (χ1n) is 4.92. The van der Waals surface area contributed by atoms with Crippen LogP contribution in [0.25, 0.3) is 0 Å². The second kappa shape index (κ2) is 4.26. The number of hydrogen-bond acceptors (Lipinski definition) is 2. The lowest BCUT2D eigenvalue weighted by Crippen LogP contribution is -2.46. The molecule has 0 aliphatic rings. The van der Waals surface area contributed by atoms with Crippen molar-refractivity contribution >= 4 is 6.03 Å². The Balaban J connectivity index is 2.65. The Kier molecular flexibility index (Phi) is 3.28. The second-order valence-corrected chi connectivity index (χ2v) is 3.67. The molecule has 1 rings (SSSR count). The first kappa shape index (κ1) is 10.8. The van der Waals surface area contributed by atoms with Crippen LogP contribution in [0.4, 0.5) is 4.79 Å². The molecule has 1 N–H and O–H groups in total. The first-order chi connectivity index (χ1) is 6.61. The molecule has 1 aromatic rings. The number of rotatable bonds is 3. The smallest absolute Gasteiger partial charge is 0.327 e. The van der Waals surface area contributed by atoms with Crippen LogP contribution in [0.3, 0.4) is 0 Å². The third-order valence-electron chi connectivity index (χ3n) is 2.71. The van der Waals surface area contributed by atoms with Gasteiger partial charge in [0.2, 0.25) is 0 Å². The molecule has 0 atom stereocenters. The van der Waals surface area contributed by atoms with Crippen LogP contribution >= 0.6 is 0 Å². The van der Waals surface area contributed by atoms with Gasteiger partial charge in [-0.1, -0.05) is 13.8 Å². The Hall–Kier alpha value is -1.32. The topological polar surface area (TPSA) is 46.9 Å². The standard InChI is InChI=1S/C10H17N3O/c1-4-10(3,5-2)12-9(14)13-7-6-11-8-13/h6-8H,4-5H2,1-3H3,(H,12,14). The largest absolute Gasteiger partial charge is 0.332 e. The van der Waals surface area contributed by atoms with E-state index in [1.165, 1.54) is 10.9 Å². The van der Waals surface area contributed by atoms with E-state index in [9.17, 15) is 4.79 Å². The minimum atomic E-state index is -0.124. The van der Waals surface area contributed by atoms with Crippen molar-refractivity contribution < 1.29 is 4.79 Å². The fraction of sp³-hybridized carbons (Fsp3) is 0.600. The van der Waals surface area contributed by atoms with Gasteiger partial charge in [0, 0.05) is 17.9 Å². The molecule has 0 unspecified atom stereocenters. The summed E-state index contributed by atoms with van der Waals surface area (Å²) in [5.74, 6) is 0. The Labute approximate surface area is 84.3 Å². The average Bonchev–Trinajstić information content (AvgIpc) is 2.70. The van der Waals surface area contributed by atoms with Gasteiger partial charge in [-0.2, -0.15) is 0 Å². The average molecular weight is 195 g/mol. The van der Waals surface area contributed by atoms with E-state index in [4.69, 9.17) is 0 Å². The Morgan fingerprint density at radius 1 is 1.50 bits per heavy atom. The Bertz CT molecular complexity index is 288. The molecule has 0 saturated carbocycles. The molecule has 4 heteroatoms. The molecule has 0 bridgehead atoms. The summed E-state index contributed by atoms with van der Waals surface area (Å²) in [7, 11) is 0. The van der Waals surface area contributed by atoms with Gasteiger partial charge in [-0.25, -0.2) is 9.78 Å². The van der Waals surface area contributed by atoms with Gasteiger partial charge in [-0.3, -0.25) is 4.57 Å². The van der Waals surface area contributed by atoms with Crippen molar-refractivity contribution in [1.29, 1.82) is 0 Å². The van der Waals surface area contributed by atoms with Gasteiger partial charge in [0.05, 0.1) is 0 Å². The molecular weight excluding hydrogens is 178 g/mol. The molecule has 0 fully saturated rings. The maximum Gasteiger partial charge on any atom is 0.327 e. The normalized spacial score (nSPS) is 11.4. The van der Waals surface area contributed by atoms with Crippen molar-refractivity contribution in [3.8, 4) is 0 Å². The molecule has 1 heterocycles. The zero-order chi connectivity index (χ0) is 10.6. The van der Waals surface area contributed by atoms with Crippen LogP contribution in [0.2, 0.25) is 0 Å². The van der Waals surface area contributed by atoms with Crippen LogP contribution < -0.4 is 5.32 Å². The van der Waals surface area contributed by atoms with Crippen molar-refractivity contribution in [2.75, 3.05) is 0 Å². The summed E-state index contributed by atoms with van der Waals surface area (Å²) < 4.78 is 1.45. The van der Waals surface area contributed by atoms with Gasteiger partial charge in [0.1, 0.15) is 6.33 Å². The van der Waals surface area contributed by atoms with Gasteiger partial charge in [0.15, 0.2) is 0 Å². The molecule has 4 nitrogen and oxygen atoms in total. The minimum absolute atomic E-state index is 0.117. The molecule has 1 amide bonds. The van der Waals surface area contributed by atoms with Crippen LogP contribution in [0.5, 0.6) is 0 Å². The number of aromatic nitrogens is 2. The van der Waals surface area contributed by atoms with Crippen molar-refractivity contribution in [3.05, 3.63) is 18.7 Å². The lowest BCUT2D eigenvalue weighted by molar-refractivity contribution is 0.226. The predicted octanol–water partition coefficient (Wildman–Crippen LogP) is 2.02. The van der Waals surface area contributed by atoms with Crippen molar-refractivity contribution in [3.63, 3.8) is 0 Å². The predicted molar refractivity (Wildman–Crippen MR) is 55.1 cm³/mol. The van der Waals surface area contributed by atoms with Crippen LogP contribution in [0, 0.1) is 0 Å². The van der Waals surface area contributed by atoms with Crippen LogP contribution in [0.1, 0.15) is 33.6 Å². The molecule has 0 spiro atoms. The SMILES string of the molecule is CCC(C)(CC)NC(=O)n1ccnc1. The van der Waals surface area contributed by atoms with E-state index in [0.717, 1.165) is 12.8 Å². The summed E-state index contributed by atoms with van der Waals surface area (Å²) >= 11 is 0. The molecule has 0 saturated heterocycles. The summed E-state index contributed by atoms with van der Waals surface area (Å²) in [6.45, 7) is 6.18. The summed E-state index contributed by atoms with van der Waals surface area (Å²) in [6.07, 6.45) is 6.57. The molecule has 78 valence electrons. The summed E-state index contributed by atoms with van der Waals surface area (Å²) in [5, 5.41) is 2.98. The lowest BCUT2D eigenvalue weighted by atomic mass is 9.96. The summed E-state index contributed by atoms with van der Waals surface area (Å²) in [6, 6.07) is -0.117. The summed E-state index contributed by atoms with van der Waals surface area (Å²) in [4.78, 5) is 15.5. The van der Waals surface area contributed by atoms with Crippen molar-refractivity contribution in [2.24, 2.45) is 0 Å². The van der Waals surface area contributed by atoms with Gasteiger partial charge in [-0.05, 0) is 19.8 Å². The fourth-order valence-corrected chi connectivity index (χ4v) is 1.13. The number of amides is 1. The van der Waals surface area contributed by atoms with E-state index in [1.807, 2.05) is 6.92 Å². The van der Waals surface area contributed by atoms with Gasteiger partial charge in [0.25, 0.3) is 0 Å². The third kappa shape index (κ3) is 2.34. The van der Waals surface area contributed by atoms with E-state index in [0.29, 0.717) is 0 Å². The molecule has 0 radical (unpaired) electrons. The Morgan fingerprint density at radius 2 is 2.14 bits per heavy atom. The maximum atomic E-state index is 11.7. The number of nitrogens with zero attached hydrogens (tertiary/aromatic N) is 2.